The maximum Gasteiger partial charge on any atom is 0.235 e. The summed E-state index contributed by atoms with van der Waals surface area (Å²) in [7, 11) is 0. The van der Waals surface area contributed by atoms with Crippen LogP contribution in [0.25, 0.3) is 4.85 Å². The quantitative estimate of drug-likeness (QED) is 0.436. The molecule has 2 aromatic rings. The van der Waals surface area contributed by atoms with Crippen LogP contribution in [0.5, 0.6) is 0 Å². The number of carbonyl (C=O) groups is 1. The van der Waals surface area contributed by atoms with Gasteiger partial charge >= 0.3 is 0 Å². The SMILES string of the molecule is [C-]#[N+]c1c(N2CCC(O)(CO)CC2)nc(SC(C(N)=O)c2ccccc2)c(C#N)c1CC. The first-order valence-corrected chi connectivity index (χ1v) is 11.2. The molecule has 1 atom stereocenters. The number of anilines is 1. The summed E-state index contributed by atoms with van der Waals surface area (Å²) in [6, 6.07) is 11.2. The lowest BCUT2D eigenvalue weighted by Crippen LogP contribution is -2.47. The fourth-order valence-electron chi connectivity index (χ4n) is 3.79. The van der Waals surface area contributed by atoms with Crippen molar-refractivity contribution in [1.82, 2.24) is 4.98 Å². The second-order valence-electron chi connectivity index (χ2n) is 7.70. The molecule has 32 heavy (non-hydrogen) atoms. The highest BCUT2D eigenvalue weighted by atomic mass is 32.2. The molecule has 0 saturated carbocycles. The molecule has 4 N–H and O–H groups in total. The predicted molar refractivity (Wildman–Crippen MR) is 122 cm³/mol. The third kappa shape index (κ3) is 4.71. The Bertz CT molecular complexity index is 1070. The minimum absolute atomic E-state index is 0.276. The Hall–Kier alpha value is -3.11. The number of nitrogens with zero attached hydrogens (tertiary/aromatic N) is 4. The van der Waals surface area contributed by atoms with E-state index in [-0.39, 0.29) is 12.2 Å². The monoisotopic (exact) mass is 451 g/mol. The zero-order valence-corrected chi connectivity index (χ0v) is 18.6. The number of thioether (sulfide) groups is 1. The molecule has 9 heteroatoms. The number of hydrogen-bond donors (Lipinski definition) is 3. The van der Waals surface area contributed by atoms with Crippen molar-refractivity contribution in [3.8, 4) is 6.07 Å². The summed E-state index contributed by atoms with van der Waals surface area (Å²) in [6.45, 7) is 10.1. The third-order valence-corrected chi connectivity index (χ3v) is 6.93. The van der Waals surface area contributed by atoms with Crippen LogP contribution in [0.1, 0.15) is 41.7 Å². The first kappa shape index (κ1) is 23.6. The van der Waals surface area contributed by atoms with Crippen LogP contribution < -0.4 is 10.6 Å². The van der Waals surface area contributed by atoms with Crippen LogP contribution in [0.4, 0.5) is 11.5 Å². The van der Waals surface area contributed by atoms with E-state index >= 15 is 0 Å². The van der Waals surface area contributed by atoms with E-state index in [0.29, 0.717) is 60.0 Å². The van der Waals surface area contributed by atoms with Gasteiger partial charge in [-0.2, -0.15) is 5.26 Å². The number of amides is 1. The number of hydrogen-bond acceptors (Lipinski definition) is 7. The molecule has 1 aliphatic rings. The minimum atomic E-state index is -1.14. The van der Waals surface area contributed by atoms with Crippen molar-refractivity contribution in [2.24, 2.45) is 5.73 Å². The molecule has 3 rings (SSSR count). The van der Waals surface area contributed by atoms with E-state index in [4.69, 9.17) is 12.3 Å². The van der Waals surface area contributed by atoms with Crippen molar-refractivity contribution in [1.29, 1.82) is 5.26 Å². The Morgan fingerprint density at radius 1 is 1.41 bits per heavy atom. The Balaban J connectivity index is 2.08. The van der Waals surface area contributed by atoms with Crippen LogP contribution in [0, 0.1) is 17.9 Å². The molecule has 1 saturated heterocycles. The normalized spacial score (nSPS) is 16.1. The highest BCUT2D eigenvalue weighted by Crippen LogP contribution is 2.43. The van der Waals surface area contributed by atoms with Gasteiger partial charge in [-0.05, 0) is 30.4 Å². The van der Waals surface area contributed by atoms with Crippen molar-refractivity contribution >= 4 is 29.2 Å². The van der Waals surface area contributed by atoms with Crippen molar-refractivity contribution in [2.45, 2.75) is 42.1 Å². The maximum atomic E-state index is 12.3. The van der Waals surface area contributed by atoms with Gasteiger partial charge < -0.3 is 20.8 Å². The standard InChI is InChI=1S/C23H25N5O3S/c1-3-16-17(13-24)22(32-19(20(25)30)15-7-5-4-6-8-15)27-21(18(16)26-2)28-11-9-23(31,14-29)10-12-28/h4-8,19,29,31H,3,9-12,14H2,1H3,(H2,25,30). The molecule has 1 aromatic carbocycles. The average molecular weight is 452 g/mol. The Morgan fingerprint density at radius 3 is 2.56 bits per heavy atom. The van der Waals surface area contributed by atoms with E-state index in [1.54, 1.807) is 12.1 Å². The van der Waals surface area contributed by atoms with E-state index in [9.17, 15) is 20.3 Å². The zero-order valence-electron chi connectivity index (χ0n) is 17.8. The van der Waals surface area contributed by atoms with Crippen molar-refractivity contribution in [3.63, 3.8) is 0 Å². The van der Waals surface area contributed by atoms with Crippen LogP contribution in [0.2, 0.25) is 0 Å². The van der Waals surface area contributed by atoms with E-state index in [2.05, 4.69) is 15.9 Å². The molecule has 0 spiro atoms. The number of nitriles is 1. The second-order valence-corrected chi connectivity index (χ2v) is 8.79. The molecule has 8 nitrogen and oxygen atoms in total. The summed E-state index contributed by atoms with van der Waals surface area (Å²) in [6.07, 6.45) is 1.12. The van der Waals surface area contributed by atoms with Crippen molar-refractivity contribution in [2.75, 3.05) is 24.6 Å². The van der Waals surface area contributed by atoms with Gasteiger partial charge in [-0.3, -0.25) is 4.79 Å². The van der Waals surface area contributed by atoms with Crippen LogP contribution in [-0.4, -0.2) is 46.4 Å². The summed E-state index contributed by atoms with van der Waals surface area (Å²) in [5.41, 5.74) is 6.40. The molecule has 1 aliphatic heterocycles. The number of aliphatic hydroxyl groups is 2. The minimum Gasteiger partial charge on any atom is -0.393 e. The van der Waals surface area contributed by atoms with Crippen LogP contribution >= 0.6 is 11.8 Å². The van der Waals surface area contributed by atoms with Gasteiger partial charge in [0.1, 0.15) is 22.2 Å². The van der Waals surface area contributed by atoms with Crippen LogP contribution in [0.15, 0.2) is 35.4 Å². The number of pyridine rings is 1. The molecule has 0 aliphatic carbocycles. The average Bonchev–Trinajstić information content (AvgIpc) is 2.82. The lowest BCUT2D eigenvalue weighted by Gasteiger charge is -2.38. The third-order valence-electron chi connectivity index (χ3n) is 5.68. The number of rotatable bonds is 7. The number of aliphatic hydroxyl groups excluding tert-OH is 1. The number of benzene rings is 1. The van der Waals surface area contributed by atoms with Crippen molar-refractivity contribution < 1.29 is 15.0 Å². The fourth-order valence-corrected chi connectivity index (χ4v) is 4.85. The first-order chi connectivity index (χ1) is 15.4. The molecule has 166 valence electrons. The molecule has 1 unspecified atom stereocenters. The fraction of sp³-hybridized carbons (Fsp3) is 0.391. The molecule has 0 radical (unpaired) electrons. The largest absolute Gasteiger partial charge is 0.393 e. The highest BCUT2D eigenvalue weighted by Gasteiger charge is 2.34. The van der Waals surface area contributed by atoms with E-state index in [1.165, 1.54) is 0 Å². The first-order valence-electron chi connectivity index (χ1n) is 10.3. The summed E-state index contributed by atoms with van der Waals surface area (Å²) >= 11 is 1.11. The number of primary amides is 1. The number of nitrogens with two attached hydrogens (primary N) is 1. The number of piperidine rings is 1. The smallest absolute Gasteiger partial charge is 0.235 e. The van der Waals surface area contributed by atoms with Crippen molar-refractivity contribution in [3.05, 3.63) is 58.4 Å². The lowest BCUT2D eigenvalue weighted by molar-refractivity contribution is -0.117. The van der Waals surface area contributed by atoms with Gasteiger partial charge in [0.05, 0.1) is 24.3 Å². The van der Waals surface area contributed by atoms with E-state index in [0.717, 1.165) is 11.8 Å². The van der Waals surface area contributed by atoms with Gasteiger partial charge in [0.25, 0.3) is 0 Å². The molecule has 2 heterocycles. The summed E-state index contributed by atoms with van der Waals surface area (Å²) in [4.78, 5) is 22.5. The Labute approximate surface area is 191 Å². The molecular weight excluding hydrogens is 426 g/mol. The summed E-state index contributed by atoms with van der Waals surface area (Å²) in [5, 5.41) is 29.3. The van der Waals surface area contributed by atoms with E-state index < -0.39 is 16.8 Å². The van der Waals surface area contributed by atoms with Crippen LogP contribution in [-0.2, 0) is 11.2 Å². The van der Waals surface area contributed by atoms with Gasteiger partial charge in [-0.15, -0.1) is 0 Å². The number of carbonyl (C=O) groups excluding carboxylic acids is 1. The predicted octanol–water partition coefficient (Wildman–Crippen LogP) is 2.71. The molecule has 1 amide bonds. The number of aromatic nitrogens is 1. The van der Waals surface area contributed by atoms with E-state index in [1.807, 2.05) is 30.0 Å². The van der Waals surface area contributed by atoms with Gasteiger partial charge in [-0.1, -0.05) is 49.0 Å². The van der Waals surface area contributed by atoms with Gasteiger partial charge in [-0.25, -0.2) is 9.83 Å². The molecule has 1 aromatic heterocycles. The van der Waals surface area contributed by atoms with Gasteiger partial charge in [0, 0.05) is 13.1 Å². The molecule has 0 bridgehead atoms. The molecule has 1 fully saturated rings. The highest BCUT2D eigenvalue weighted by molar-refractivity contribution is 8.00. The summed E-state index contributed by atoms with van der Waals surface area (Å²) < 4.78 is 0. The zero-order chi connectivity index (χ0) is 23.3. The Kier molecular flexibility index (Phi) is 7.37. The topological polar surface area (TPSA) is 128 Å². The maximum absolute atomic E-state index is 12.3. The van der Waals surface area contributed by atoms with Gasteiger partial charge in [0.15, 0.2) is 0 Å². The second kappa shape index (κ2) is 10.0. The summed E-state index contributed by atoms with van der Waals surface area (Å²) in [5.74, 6) is -0.124. The van der Waals surface area contributed by atoms with Gasteiger partial charge in [0.2, 0.25) is 11.6 Å². The lowest BCUT2D eigenvalue weighted by atomic mass is 9.92. The van der Waals surface area contributed by atoms with Crippen LogP contribution in [0.3, 0.4) is 0 Å². The molecular formula is C23H25N5O3S. The Morgan fingerprint density at radius 2 is 2.06 bits per heavy atom.